The number of anilines is 1. The third-order valence-corrected chi connectivity index (χ3v) is 3.51. The van der Waals surface area contributed by atoms with Crippen LogP contribution in [-0.4, -0.2) is 26.7 Å². The lowest BCUT2D eigenvalue weighted by atomic mass is 10.2. The van der Waals surface area contributed by atoms with Crippen LogP contribution in [-0.2, 0) is 13.1 Å². The number of nitrogens with zero attached hydrogens (tertiary/aromatic N) is 1. The number of urea groups is 1. The van der Waals surface area contributed by atoms with Crippen molar-refractivity contribution in [3.8, 4) is 5.75 Å². The second-order valence-corrected chi connectivity index (χ2v) is 5.62. The van der Waals surface area contributed by atoms with E-state index in [0.717, 1.165) is 16.8 Å². The summed E-state index contributed by atoms with van der Waals surface area (Å²) in [5.74, 6) is 0.0874. The Bertz CT molecular complexity index is 674. The number of carbonyl (C=O) groups is 1. The Kier molecular flexibility index (Phi) is 6.56. The van der Waals surface area contributed by atoms with Gasteiger partial charge in [0, 0.05) is 32.9 Å². The molecule has 0 aliphatic rings. The molecule has 0 atom stereocenters. The predicted octanol–water partition coefficient (Wildman–Crippen LogP) is 3.35. The van der Waals surface area contributed by atoms with E-state index in [1.165, 1.54) is 12.1 Å². The first kappa shape index (κ1) is 18.5. The van der Waals surface area contributed by atoms with Gasteiger partial charge in [-0.3, -0.25) is 0 Å². The number of alkyl halides is 2. The molecule has 2 aromatic rings. The summed E-state index contributed by atoms with van der Waals surface area (Å²) in [7, 11) is 3.93. The molecule has 7 heteroatoms. The maximum absolute atomic E-state index is 12.1. The van der Waals surface area contributed by atoms with Crippen molar-refractivity contribution in [2.45, 2.75) is 19.7 Å². The molecule has 2 aromatic carbocycles. The van der Waals surface area contributed by atoms with Crippen LogP contribution >= 0.6 is 0 Å². The Morgan fingerprint density at radius 1 is 0.960 bits per heavy atom. The van der Waals surface area contributed by atoms with Gasteiger partial charge in [0.1, 0.15) is 5.75 Å². The maximum Gasteiger partial charge on any atom is 0.387 e. The van der Waals surface area contributed by atoms with E-state index in [2.05, 4.69) is 15.4 Å². The van der Waals surface area contributed by atoms with E-state index in [-0.39, 0.29) is 11.8 Å². The number of amides is 2. The number of benzene rings is 2. The van der Waals surface area contributed by atoms with Crippen LogP contribution in [0.4, 0.5) is 19.3 Å². The van der Waals surface area contributed by atoms with Gasteiger partial charge in [-0.1, -0.05) is 24.3 Å². The molecule has 0 fully saturated rings. The molecular formula is C18H21F2N3O2. The summed E-state index contributed by atoms with van der Waals surface area (Å²) in [6, 6.07) is 13.7. The van der Waals surface area contributed by atoms with Crippen molar-refractivity contribution in [3.05, 3.63) is 59.7 Å². The fourth-order valence-corrected chi connectivity index (χ4v) is 2.13. The van der Waals surface area contributed by atoms with Crippen LogP contribution in [0.25, 0.3) is 0 Å². The maximum atomic E-state index is 12.1. The van der Waals surface area contributed by atoms with Gasteiger partial charge in [-0.15, -0.1) is 0 Å². The van der Waals surface area contributed by atoms with Crippen LogP contribution in [0.15, 0.2) is 48.5 Å². The molecule has 0 aliphatic carbocycles. The van der Waals surface area contributed by atoms with Crippen molar-refractivity contribution in [2.75, 3.05) is 19.0 Å². The summed E-state index contributed by atoms with van der Waals surface area (Å²) in [4.78, 5) is 13.8. The molecule has 25 heavy (non-hydrogen) atoms. The van der Waals surface area contributed by atoms with Gasteiger partial charge in [-0.25, -0.2) is 4.79 Å². The molecule has 0 radical (unpaired) electrons. The Morgan fingerprint density at radius 2 is 1.44 bits per heavy atom. The zero-order valence-corrected chi connectivity index (χ0v) is 14.1. The zero-order valence-electron chi connectivity index (χ0n) is 14.1. The monoisotopic (exact) mass is 349 g/mol. The smallest absolute Gasteiger partial charge is 0.387 e. The molecular weight excluding hydrogens is 328 g/mol. The van der Waals surface area contributed by atoms with E-state index in [4.69, 9.17) is 0 Å². The number of nitrogens with one attached hydrogen (secondary N) is 2. The highest BCUT2D eigenvalue weighted by Crippen LogP contribution is 2.15. The molecule has 0 unspecified atom stereocenters. The van der Waals surface area contributed by atoms with E-state index in [0.29, 0.717) is 13.1 Å². The van der Waals surface area contributed by atoms with Gasteiger partial charge in [0.15, 0.2) is 0 Å². The topological polar surface area (TPSA) is 53.6 Å². The molecule has 134 valence electrons. The second-order valence-electron chi connectivity index (χ2n) is 5.62. The lowest BCUT2D eigenvalue weighted by molar-refractivity contribution is -0.0498. The highest BCUT2D eigenvalue weighted by Gasteiger charge is 2.05. The van der Waals surface area contributed by atoms with Gasteiger partial charge < -0.3 is 20.3 Å². The number of carbonyl (C=O) groups excluding carboxylic acids is 1. The molecule has 0 spiro atoms. The highest BCUT2D eigenvalue weighted by atomic mass is 19.3. The van der Waals surface area contributed by atoms with Crippen molar-refractivity contribution in [1.29, 1.82) is 0 Å². The Labute approximate surface area is 145 Å². The van der Waals surface area contributed by atoms with Crippen LogP contribution in [0, 0.1) is 0 Å². The van der Waals surface area contributed by atoms with Crippen molar-refractivity contribution >= 4 is 11.7 Å². The molecule has 0 saturated heterocycles. The number of hydrogen-bond acceptors (Lipinski definition) is 3. The average Bonchev–Trinajstić information content (AvgIpc) is 2.59. The second kappa shape index (κ2) is 8.86. The third-order valence-electron chi connectivity index (χ3n) is 3.51. The number of halogens is 2. The normalized spacial score (nSPS) is 10.4. The van der Waals surface area contributed by atoms with Crippen molar-refractivity contribution in [3.63, 3.8) is 0 Å². The molecule has 2 amide bonds. The van der Waals surface area contributed by atoms with Gasteiger partial charge in [-0.05, 0) is 35.4 Å². The van der Waals surface area contributed by atoms with Crippen LogP contribution in [0.3, 0.4) is 0 Å². The summed E-state index contributed by atoms with van der Waals surface area (Å²) >= 11 is 0. The van der Waals surface area contributed by atoms with Gasteiger partial charge in [-0.2, -0.15) is 8.78 Å². The quantitative estimate of drug-likeness (QED) is 0.806. The first-order chi connectivity index (χ1) is 11.9. The van der Waals surface area contributed by atoms with Crippen LogP contribution in [0.1, 0.15) is 11.1 Å². The lowest BCUT2D eigenvalue weighted by Gasteiger charge is -2.13. The SMILES string of the molecule is CN(C)c1ccc(CNC(=O)NCc2ccc(OC(F)F)cc2)cc1. The lowest BCUT2D eigenvalue weighted by Crippen LogP contribution is -2.34. The molecule has 0 aliphatic heterocycles. The van der Waals surface area contributed by atoms with Crippen LogP contribution in [0.2, 0.25) is 0 Å². The molecule has 2 N–H and O–H groups in total. The summed E-state index contributed by atoms with van der Waals surface area (Å²) in [5.41, 5.74) is 2.87. The van der Waals surface area contributed by atoms with Crippen molar-refractivity contribution < 1.29 is 18.3 Å². The van der Waals surface area contributed by atoms with Crippen LogP contribution in [0.5, 0.6) is 5.75 Å². The molecule has 0 heterocycles. The Hall–Kier alpha value is -2.83. The molecule has 5 nitrogen and oxygen atoms in total. The summed E-state index contributed by atoms with van der Waals surface area (Å²) in [5, 5.41) is 5.48. The van der Waals surface area contributed by atoms with Crippen molar-refractivity contribution in [2.24, 2.45) is 0 Å². The third kappa shape index (κ3) is 6.29. The first-order valence-corrected chi connectivity index (χ1v) is 7.76. The van der Waals surface area contributed by atoms with Crippen molar-refractivity contribution in [1.82, 2.24) is 10.6 Å². The number of hydrogen-bond donors (Lipinski definition) is 2. The highest BCUT2D eigenvalue weighted by molar-refractivity contribution is 5.73. The predicted molar refractivity (Wildman–Crippen MR) is 92.9 cm³/mol. The average molecular weight is 349 g/mol. The summed E-state index contributed by atoms with van der Waals surface area (Å²) < 4.78 is 28.4. The van der Waals surface area contributed by atoms with Gasteiger partial charge in [0.2, 0.25) is 0 Å². The fourth-order valence-electron chi connectivity index (χ4n) is 2.13. The van der Waals surface area contributed by atoms with Gasteiger partial charge in [0.05, 0.1) is 0 Å². The van der Waals surface area contributed by atoms with E-state index >= 15 is 0 Å². The summed E-state index contributed by atoms with van der Waals surface area (Å²) in [6.07, 6.45) is 0. The van der Waals surface area contributed by atoms with Gasteiger partial charge in [0.25, 0.3) is 0 Å². The Balaban J connectivity index is 1.75. The zero-order chi connectivity index (χ0) is 18.2. The number of rotatable bonds is 7. The Morgan fingerprint density at radius 3 is 1.88 bits per heavy atom. The minimum absolute atomic E-state index is 0.0874. The minimum Gasteiger partial charge on any atom is -0.435 e. The minimum atomic E-state index is -2.85. The van der Waals surface area contributed by atoms with E-state index < -0.39 is 6.61 Å². The van der Waals surface area contributed by atoms with Gasteiger partial charge >= 0.3 is 12.6 Å². The summed E-state index contributed by atoms with van der Waals surface area (Å²) in [6.45, 7) is -2.14. The molecule has 0 bridgehead atoms. The van der Waals surface area contributed by atoms with E-state index in [1.807, 2.05) is 43.3 Å². The van der Waals surface area contributed by atoms with E-state index in [9.17, 15) is 13.6 Å². The standard InChI is InChI=1S/C18H21F2N3O2/c1-23(2)15-7-3-13(4-8-15)11-21-18(24)22-12-14-5-9-16(10-6-14)25-17(19)20/h3-10,17H,11-12H2,1-2H3,(H2,21,22,24). The first-order valence-electron chi connectivity index (χ1n) is 7.76. The number of ether oxygens (including phenoxy) is 1. The van der Waals surface area contributed by atoms with E-state index in [1.54, 1.807) is 12.1 Å². The molecule has 2 rings (SSSR count). The molecule has 0 aromatic heterocycles. The van der Waals surface area contributed by atoms with Crippen LogP contribution < -0.4 is 20.3 Å². The fraction of sp³-hybridized carbons (Fsp3) is 0.278. The molecule has 0 saturated carbocycles. The largest absolute Gasteiger partial charge is 0.435 e.